The van der Waals surface area contributed by atoms with Crippen LogP contribution in [0.2, 0.25) is 0 Å². The van der Waals surface area contributed by atoms with E-state index in [1.165, 1.54) is 12.1 Å². The summed E-state index contributed by atoms with van der Waals surface area (Å²) in [4.78, 5) is 11.6. The van der Waals surface area contributed by atoms with Crippen molar-refractivity contribution in [1.29, 1.82) is 0 Å². The number of halogens is 1. The molecule has 3 aromatic rings. The van der Waals surface area contributed by atoms with Crippen LogP contribution in [0.25, 0.3) is 28.1 Å². The molecule has 0 unspecified atom stereocenters. The lowest BCUT2D eigenvalue weighted by Crippen LogP contribution is -2.03. The molecule has 0 amide bonds. The molecule has 0 aliphatic heterocycles. The number of rotatable bonds is 7. The lowest BCUT2D eigenvalue weighted by molar-refractivity contribution is -0.142. The quantitative estimate of drug-likeness (QED) is 0.380. The standard InChI is InChI=1S/C24H26FNO2.C2H6/c1-4-28-23(27)12-8-7-11-22-24(18-13-15-19(25)16-14-18)20-9-5-6-10-21(20)26(22)17(2)3;1-2/h5-7,9-11,13-17H,4,8,12H2,1-3H3;1-2H3/b11-7+;. The molecule has 30 heavy (non-hydrogen) atoms. The van der Waals surface area contributed by atoms with E-state index >= 15 is 0 Å². The number of aromatic nitrogens is 1. The maximum atomic E-state index is 13.5. The highest BCUT2D eigenvalue weighted by Crippen LogP contribution is 2.37. The van der Waals surface area contributed by atoms with Gasteiger partial charge in [0.2, 0.25) is 0 Å². The van der Waals surface area contributed by atoms with Gasteiger partial charge in [-0.2, -0.15) is 0 Å². The highest BCUT2D eigenvalue weighted by Gasteiger charge is 2.18. The van der Waals surface area contributed by atoms with E-state index in [2.05, 4.69) is 36.6 Å². The summed E-state index contributed by atoms with van der Waals surface area (Å²) in [7, 11) is 0. The molecule has 4 heteroatoms. The number of ether oxygens (including phenoxy) is 1. The maximum absolute atomic E-state index is 13.5. The highest BCUT2D eigenvalue weighted by molar-refractivity contribution is 6.01. The van der Waals surface area contributed by atoms with E-state index in [0.717, 1.165) is 27.7 Å². The molecule has 0 bridgehead atoms. The molecule has 0 aliphatic carbocycles. The number of para-hydroxylation sites is 1. The molecule has 0 spiro atoms. The molecule has 1 heterocycles. The Hall–Kier alpha value is -2.88. The Morgan fingerprint density at radius 3 is 2.40 bits per heavy atom. The van der Waals surface area contributed by atoms with Gasteiger partial charge in [0.25, 0.3) is 0 Å². The summed E-state index contributed by atoms with van der Waals surface area (Å²) in [6, 6.07) is 15.1. The Balaban J connectivity index is 0.00000155. The van der Waals surface area contributed by atoms with Gasteiger partial charge in [0, 0.05) is 34.6 Å². The van der Waals surface area contributed by atoms with E-state index < -0.39 is 0 Å². The number of nitrogens with zero attached hydrogens (tertiary/aromatic N) is 1. The molecule has 2 aromatic carbocycles. The van der Waals surface area contributed by atoms with E-state index in [4.69, 9.17) is 4.74 Å². The first-order chi connectivity index (χ1) is 14.5. The van der Waals surface area contributed by atoms with Crippen LogP contribution in [-0.4, -0.2) is 17.1 Å². The third-order valence-corrected chi connectivity index (χ3v) is 4.69. The summed E-state index contributed by atoms with van der Waals surface area (Å²) in [5, 5.41) is 1.13. The first-order valence-corrected chi connectivity index (χ1v) is 10.7. The largest absolute Gasteiger partial charge is 0.466 e. The molecular formula is C26H32FNO2. The second kappa shape index (κ2) is 11.3. The molecule has 0 aliphatic rings. The average Bonchev–Trinajstić information content (AvgIpc) is 3.08. The molecular weight excluding hydrogens is 377 g/mol. The summed E-state index contributed by atoms with van der Waals surface area (Å²) in [5.74, 6) is -0.432. The molecule has 0 atom stereocenters. The zero-order valence-corrected chi connectivity index (χ0v) is 18.6. The van der Waals surface area contributed by atoms with Gasteiger partial charge in [0.15, 0.2) is 0 Å². The molecule has 0 fully saturated rings. The Bertz CT molecular complexity index is 984. The van der Waals surface area contributed by atoms with Gasteiger partial charge >= 0.3 is 5.97 Å². The van der Waals surface area contributed by atoms with E-state index in [-0.39, 0.29) is 17.8 Å². The van der Waals surface area contributed by atoms with Crippen LogP contribution in [0.4, 0.5) is 4.39 Å². The average molecular weight is 410 g/mol. The number of benzene rings is 2. The van der Waals surface area contributed by atoms with Gasteiger partial charge in [-0.3, -0.25) is 4.79 Å². The molecule has 3 rings (SSSR count). The van der Waals surface area contributed by atoms with Crippen molar-refractivity contribution in [3.63, 3.8) is 0 Å². The van der Waals surface area contributed by atoms with Gasteiger partial charge in [0.1, 0.15) is 5.82 Å². The fourth-order valence-electron chi connectivity index (χ4n) is 3.55. The van der Waals surface area contributed by atoms with Crippen LogP contribution in [0.3, 0.4) is 0 Å². The summed E-state index contributed by atoms with van der Waals surface area (Å²) in [6.07, 6.45) is 5.05. The molecule has 0 radical (unpaired) electrons. The number of hydrogen-bond donors (Lipinski definition) is 0. The lowest BCUT2D eigenvalue weighted by Gasteiger charge is -2.13. The molecule has 0 N–H and O–H groups in total. The summed E-state index contributed by atoms with van der Waals surface area (Å²) in [6.45, 7) is 10.5. The Labute approximate surface area is 179 Å². The normalized spacial score (nSPS) is 11.0. The minimum Gasteiger partial charge on any atom is -0.466 e. The fraction of sp³-hybridized carbons (Fsp3) is 0.346. The monoisotopic (exact) mass is 409 g/mol. The Morgan fingerprint density at radius 2 is 1.77 bits per heavy atom. The van der Waals surface area contributed by atoms with Crippen LogP contribution >= 0.6 is 0 Å². The SMILES string of the molecule is CC.CCOC(=O)CC/C=C/c1c(-c2ccc(F)cc2)c2ccccc2n1C(C)C. The van der Waals surface area contributed by atoms with Crippen LogP contribution < -0.4 is 0 Å². The minimum absolute atomic E-state index is 0.185. The zero-order chi connectivity index (χ0) is 22.1. The van der Waals surface area contributed by atoms with Gasteiger partial charge in [0.05, 0.1) is 6.61 Å². The van der Waals surface area contributed by atoms with Crippen LogP contribution in [0.5, 0.6) is 0 Å². The number of hydrogen-bond acceptors (Lipinski definition) is 2. The first-order valence-electron chi connectivity index (χ1n) is 10.7. The summed E-state index contributed by atoms with van der Waals surface area (Å²) in [5.41, 5.74) is 4.26. The first kappa shape index (κ1) is 23.4. The van der Waals surface area contributed by atoms with Crippen molar-refractivity contribution >= 4 is 22.9 Å². The topological polar surface area (TPSA) is 31.2 Å². The zero-order valence-electron chi connectivity index (χ0n) is 18.6. The second-order valence-electron chi connectivity index (χ2n) is 6.99. The summed E-state index contributed by atoms with van der Waals surface area (Å²) >= 11 is 0. The van der Waals surface area contributed by atoms with Crippen molar-refractivity contribution in [3.05, 3.63) is 66.1 Å². The Morgan fingerprint density at radius 1 is 1.10 bits per heavy atom. The third kappa shape index (κ3) is 5.38. The molecule has 1 aromatic heterocycles. The van der Waals surface area contributed by atoms with E-state index in [0.29, 0.717) is 19.4 Å². The summed E-state index contributed by atoms with van der Waals surface area (Å²) < 4.78 is 20.8. The van der Waals surface area contributed by atoms with Crippen molar-refractivity contribution in [3.8, 4) is 11.1 Å². The van der Waals surface area contributed by atoms with Gasteiger partial charge in [-0.1, -0.05) is 50.3 Å². The molecule has 160 valence electrons. The lowest BCUT2D eigenvalue weighted by atomic mass is 10.0. The van der Waals surface area contributed by atoms with Crippen molar-refractivity contribution in [1.82, 2.24) is 4.57 Å². The van der Waals surface area contributed by atoms with Gasteiger partial charge in [-0.25, -0.2) is 4.39 Å². The van der Waals surface area contributed by atoms with Gasteiger partial charge < -0.3 is 9.30 Å². The van der Waals surface area contributed by atoms with E-state index in [1.807, 2.05) is 51.1 Å². The van der Waals surface area contributed by atoms with E-state index in [1.54, 1.807) is 0 Å². The van der Waals surface area contributed by atoms with Crippen molar-refractivity contribution in [2.45, 2.75) is 53.5 Å². The predicted molar refractivity (Wildman–Crippen MR) is 124 cm³/mol. The van der Waals surface area contributed by atoms with Crippen molar-refractivity contribution < 1.29 is 13.9 Å². The number of allylic oxidation sites excluding steroid dienone is 1. The maximum Gasteiger partial charge on any atom is 0.306 e. The minimum atomic E-state index is -0.247. The number of carbonyl (C=O) groups excluding carboxylic acids is 1. The number of esters is 1. The number of carbonyl (C=O) groups is 1. The Kier molecular flexibility index (Phi) is 8.85. The second-order valence-corrected chi connectivity index (χ2v) is 6.99. The van der Waals surface area contributed by atoms with Crippen LogP contribution in [0.15, 0.2) is 54.6 Å². The molecule has 0 saturated carbocycles. The van der Waals surface area contributed by atoms with Crippen molar-refractivity contribution in [2.75, 3.05) is 6.61 Å². The van der Waals surface area contributed by atoms with E-state index in [9.17, 15) is 9.18 Å². The van der Waals surface area contributed by atoms with Crippen LogP contribution in [0.1, 0.15) is 59.2 Å². The highest BCUT2D eigenvalue weighted by atomic mass is 19.1. The van der Waals surface area contributed by atoms with Crippen LogP contribution in [-0.2, 0) is 9.53 Å². The van der Waals surface area contributed by atoms with Gasteiger partial charge in [-0.05, 0) is 57.0 Å². The molecule has 0 saturated heterocycles. The van der Waals surface area contributed by atoms with Crippen molar-refractivity contribution in [2.24, 2.45) is 0 Å². The number of fused-ring (bicyclic) bond motifs is 1. The third-order valence-electron chi connectivity index (χ3n) is 4.69. The fourth-order valence-corrected chi connectivity index (χ4v) is 3.55. The van der Waals surface area contributed by atoms with Gasteiger partial charge in [-0.15, -0.1) is 0 Å². The predicted octanol–water partition coefficient (Wildman–Crippen LogP) is 7.41. The molecule has 3 nitrogen and oxygen atoms in total. The van der Waals surface area contributed by atoms with Crippen LogP contribution in [0, 0.1) is 5.82 Å². The smallest absolute Gasteiger partial charge is 0.306 e.